The molecule has 0 radical (unpaired) electrons. The predicted molar refractivity (Wildman–Crippen MR) is 94.6 cm³/mol. The molecule has 1 heterocycles. The number of fused-ring (bicyclic) bond motifs is 1. The number of H-pyrrole nitrogens is 1. The molecule has 0 spiro atoms. The topological polar surface area (TPSA) is 134 Å². The molecule has 1 saturated carbocycles. The van der Waals surface area contributed by atoms with Crippen LogP contribution in [0.4, 0.5) is 4.79 Å². The molecule has 0 bridgehead atoms. The molecule has 0 aliphatic heterocycles. The fourth-order valence-corrected chi connectivity index (χ4v) is 3.83. The van der Waals surface area contributed by atoms with Gasteiger partial charge in [0.25, 0.3) is 10.0 Å². The van der Waals surface area contributed by atoms with Gasteiger partial charge < -0.3 is 15.3 Å². The van der Waals surface area contributed by atoms with Crippen LogP contribution < -0.4 is 5.32 Å². The van der Waals surface area contributed by atoms with Crippen LogP contribution in [0.15, 0.2) is 29.3 Å². The molecule has 1 aromatic heterocycles. The number of nitrogens with one attached hydrogen (secondary N) is 2. The smallest absolute Gasteiger partial charge is 0.392 e. The maximum atomic E-state index is 13.0. The van der Waals surface area contributed by atoms with Crippen LogP contribution >= 0.6 is 0 Å². The van der Waals surface area contributed by atoms with Gasteiger partial charge in [0.05, 0.1) is 28.8 Å². The van der Waals surface area contributed by atoms with Crippen molar-refractivity contribution >= 4 is 27.0 Å². The van der Waals surface area contributed by atoms with Crippen LogP contribution in [0.3, 0.4) is 0 Å². The van der Waals surface area contributed by atoms with Crippen LogP contribution in [0.2, 0.25) is 0 Å². The Kier molecular flexibility index (Phi) is 5.95. The highest BCUT2D eigenvalue weighted by molar-refractivity contribution is 7.88. The summed E-state index contributed by atoms with van der Waals surface area (Å²) in [6, 6.07) is 4.35. The van der Waals surface area contributed by atoms with E-state index in [4.69, 9.17) is 9.68 Å². The number of nitrogens with zero attached hydrogens (tertiary/aromatic N) is 2. The van der Waals surface area contributed by atoms with E-state index in [0.717, 1.165) is 12.8 Å². The van der Waals surface area contributed by atoms with E-state index in [1.54, 1.807) is 6.07 Å². The molecule has 148 valence electrons. The molecule has 1 unspecified atom stereocenters. The second-order valence-corrected chi connectivity index (χ2v) is 8.16. The van der Waals surface area contributed by atoms with E-state index < -0.39 is 22.2 Å². The molecule has 1 aliphatic rings. The zero-order valence-electron chi connectivity index (χ0n) is 14.8. The number of rotatable bonds is 7. The Balaban J connectivity index is 1.83. The van der Waals surface area contributed by atoms with Crippen molar-refractivity contribution in [3.63, 3.8) is 0 Å². The Hall–Kier alpha value is -2.21. The summed E-state index contributed by atoms with van der Waals surface area (Å²) in [7, 11) is -4.27. The summed E-state index contributed by atoms with van der Waals surface area (Å²) < 4.78 is 26.2. The molecule has 10 nitrogen and oxygen atoms in total. The molecule has 3 N–H and O–H groups in total. The van der Waals surface area contributed by atoms with E-state index in [2.05, 4.69) is 15.5 Å². The Morgan fingerprint density at radius 3 is 2.89 bits per heavy atom. The predicted octanol–water partition coefficient (Wildman–Crippen LogP) is 1.45. The lowest BCUT2D eigenvalue weighted by Gasteiger charge is -2.23. The van der Waals surface area contributed by atoms with E-state index >= 15 is 0 Å². The molecule has 27 heavy (non-hydrogen) atoms. The number of carbonyl (C=O) groups excluding carboxylic acids is 1. The van der Waals surface area contributed by atoms with Gasteiger partial charge in [0, 0.05) is 11.9 Å². The van der Waals surface area contributed by atoms with Crippen molar-refractivity contribution in [2.24, 2.45) is 0 Å². The number of aliphatic hydroxyl groups excluding tert-OH is 1. The number of aliphatic hydroxyl groups is 1. The van der Waals surface area contributed by atoms with Gasteiger partial charge in [-0.1, -0.05) is 12.8 Å². The molecule has 1 aromatic carbocycles. The van der Waals surface area contributed by atoms with Crippen LogP contribution in [0.25, 0.3) is 10.9 Å². The third-order valence-corrected chi connectivity index (χ3v) is 5.55. The highest BCUT2D eigenvalue weighted by Crippen LogP contribution is 2.26. The summed E-state index contributed by atoms with van der Waals surface area (Å²) in [4.78, 5) is 22.2. The average Bonchev–Trinajstić information content (AvgIpc) is 3.30. The van der Waals surface area contributed by atoms with Crippen molar-refractivity contribution in [2.45, 2.75) is 49.7 Å². The van der Waals surface area contributed by atoms with Crippen molar-refractivity contribution in [1.82, 2.24) is 20.1 Å². The van der Waals surface area contributed by atoms with Crippen molar-refractivity contribution in [3.05, 3.63) is 24.4 Å². The summed E-state index contributed by atoms with van der Waals surface area (Å²) in [5.74, 6) is 0. The number of hydrogen-bond acceptors (Lipinski definition) is 7. The van der Waals surface area contributed by atoms with Crippen LogP contribution in [-0.4, -0.2) is 53.2 Å². The maximum Gasteiger partial charge on any atom is 0.429 e. The third-order valence-electron chi connectivity index (χ3n) is 4.14. The van der Waals surface area contributed by atoms with Gasteiger partial charge in [-0.2, -0.15) is 5.10 Å². The van der Waals surface area contributed by atoms with Gasteiger partial charge >= 0.3 is 6.09 Å². The van der Waals surface area contributed by atoms with Crippen molar-refractivity contribution in [1.29, 1.82) is 0 Å². The van der Waals surface area contributed by atoms with Gasteiger partial charge in [0.15, 0.2) is 0 Å². The molecule has 3 rings (SSSR count). The zero-order valence-corrected chi connectivity index (χ0v) is 15.6. The first kappa shape index (κ1) is 19.5. The minimum atomic E-state index is -4.27. The van der Waals surface area contributed by atoms with Gasteiger partial charge in [-0.25, -0.2) is 18.0 Å². The highest BCUT2D eigenvalue weighted by atomic mass is 32.2. The van der Waals surface area contributed by atoms with E-state index in [0.29, 0.717) is 23.7 Å². The van der Waals surface area contributed by atoms with Gasteiger partial charge in [-0.15, -0.1) is 0 Å². The number of aromatic amines is 1. The SMILES string of the molecule is CC(O)CNC(=O)ON(OC1CCCC1)S(=O)(=O)c1ccc2[nH]ncc2c1. The Morgan fingerprint density at radius 1 is 1.44 bits per heavy atom. The monoisotopic (exact) mass is 398 g/mol. The lowest BCUT2D eigenvalue weighted by atomic mass is 10.3. The van der Waals surface area contributed by atoms with Crippen LogP contribution in [0.5, 0.6) is 0 Å². The second-order valence-electron chi connectivity index (χ2n) is 6.44. The molecule has 2 aromatic rings. The minimum Gasteiger partial charge on any atom is -0.392 e. The largest absolute Gasteiger partial charge is 0.429 e. The molecule has 1 fully saturated rings. The standard InChI is InChI=1S/C16H22N4O6S/c1-11(21)9-17-16(22)26-20(25-13-4-2-3-5-13)27(23,24)14-6-7-15-12(8-14)10-18-19-15/h6-8,10-11,13,21H,2-5,9H2,1H3,(H,17,22)(H,18,19). The molecule has 0 saturated heterocycles. The van der Waals surface area contributed by atoms with Crippen LogP contribution in [0, 0.1) is 0 Å². The number of hydrogen-bond donors (Lipinski definition) is 3. The minimum absolute atomic E-state index is 0.0862. The van der Waals surface area contributed by atoms with Crippen molar-refractivity contribution < 1.29 is 28.0 Å². The summed E-state index contributed by atoms with van der Waals surface area (Å²) in [5, 5.41) is 18.7. The van der Waals surface area contributed by atoms with Gasteiger partial charge in [-0.3, -0.25) is 5.10 Å². The van der Waals surface area contributed by atoms with Crippen molar-refractivity contribution in [2.75, 3.05) is 6.54 Å². The summed E-state index contributed by atoms with van der Waals surface area (Å²) in [6.07, 6.45) is 2.45. The number of benzene rings is 1. The molecule has 1 atom stereocenters. The van der Waals surface area contributed by atoms with E-state index in [-0.39, 0.29) is 22.2 Å². The molecule has 1 amide bonds. The average molecular weight is 398 g/mol. The van der Waals surface area contributed by atoms with E-state index in [9.17, 15) is 18.3 Å². The summed E-state index contributed by atoms with van der Waals surface area (Å²) in [5.41, 5.74) is 0.674. The quantitative estimate of drug-likeness (QED) is 0.601. The number of carbonyl (C=O) groups is 1. The Labute approximate surface area is 156 Å². The van der Waals surface area contributed by atoms with Gasteiger partial charge in [0.1, 0.15) is 4.63 Å². The Morgan fingerprint density at radius 2 is 2.19 bits per heavy atom. The third kappa shape index (κ3) is 4.75. The normalized spacial score (nSPS) is 16.7. The number of sulfonamides is 1. The van der Waals surface area contributed by atoms with E-state index in [1.807, 2.05) is 0 Å². The first-order valence-corrected chi connectivity index (χ1v) is 10.1. The number of aromatic nitrogens is 2. The first-order valence-electron chi connectivity index (χ1n) is 8.65. The molecule has 11 heteroatoms. The summed E-state index contributed by atoms with van der Waals surface area (Å²) >= 11 is 0. The first-order chi connectivity index (χ1) is 12.9. The fraction of sp³-hybridized carbons (Fsp3) is 0.500. The zero-order chi connectivity index (χ0) is 19.4. The summed E-state index contributed by atoms with van der Waals surface area (Å²) in [6.45, 7) is 1.39. The molecular weight excluding hydrogens is 376 g/mol. The maximum absolute atomic E-state index is 13.0. The second kappa shape index (κ2) is 8.21. The lowest BCUT2D eigenvalue weighted by molar-refractivity contribution is -0.287. The van der Waals surface area contributed by atoms with Crippen molar-refractivity contribution in [3.8, 4) is 0 Å². The number of amides is 1. The van der Waals surface area contributed by atoms with Crippen LogP contribution in [-0.2, 0) is 19.7 Å². The molecular formula is C16H22N4O6S. The van der Waals surface area contributed by atoms with Crippen LogP contribution in [0.1, 0.15) is 32.6 Å². The lowest BCUT2D eigenvalue weighted by Crippen LogP contribution is -2.41. The van der Waals surface area contributed by atoms with E-state index in [1.165, 1.54) is 25.3 Å². The molecule has 1 aliphatic carbocycles. The van der Waals surface area contributed by atoms with Gasteiger partial charge in [-0.05, 0) is 38.0 Å². The fourth-order valence-electron chi connectivity index (χ4n) is 2.74. The Bertz CT molecular complexity index is 891. The van der Waals surface area contributed by atoms with Gasteiger partial charge in [0.2, 0.25) is 0 Å². The highest BCUT2D eigenvalue weighted by Gasteiger charge is 2.34.